The fraction of sp³-hybridized carbons (Fsp3) is 0.857. The number of aliphatic hydroxyl groups excluding tert-OH is 1. The Bertz CT molecular complexity index is 733. The van der Waals surface area contributed by atoms with E-state index in [4.69, 9.17) is 4.74 Å². The minimum absolute atomic E-state index is 0.0409. The van der Waals surface area contributed by atoms with Crippen LogP contribution in [0, 0.1) is 17.8 Å². The van der Waals surface area contributed by atoms with Crippen LogP contribution in [0.4, 0.5) is 0 Å². The number of amides is 3. The summed E-state index contributed by atoms with van der Waals surface area (Å²) in [6, 6.07) is -1.17. The molecule has 3 amide bonds. The van der Waals surface area contributed by atoms with E-state index in [2.05, 4.69) is 22.5 Å². The molecule has 0 aromatic carbocycles. The Kier molecular flexibility index (Phi) is 6.54. The second-order valence-corrected chi connectivity index (χ2v) is 10.7. The van der Waals surface area contributed by atoms with E-state index in [1.807, 2.05) is 0 Å². The van der Waals surface area contributed by atoms with Gasteiger partial charge in [-0.1, -0.05) is 6.92 Å². The number of rotatable bonds is 7. The van der Waals surface area contributed by atoms with Gasteiger partial charge in [0.05, 0.1) is 42.4 Å². The van der Waals surface area contributed by atoms with Crippen molar-refractivity contribution < 1.29 is 24.2 Å². The smallest absolute Gasteiger partial charge is 0.244 e. The Balaban J connectivity index is 1.58. The van der Waals surface area contributed by atoms with Gasteiger partial charge in [-0.3, -0.25) is 19.3 Å². The van der Waals surface area contributed by atoms with Gasteiger partial charge in [0.1, 0.15) is 6.04 Å². The summed E-state index contributed by atoms with van der Waals surface area (Å²) >= 11 is 1.65. The van der Waals surface area contributed by atoms with Crippen LogP contribution in [0.1, 0.15) is 20.3 Å². The third-order valence-electron chi connectivity index (χ3n) is 7.55. The van der Waals surface area contributed by atoms with Gasteiger partial charge in [-0.05, 0) is 19.3 Å². The van der Waals surface area contributed by atoms with Crippen molar-refractivity contribution >= 4 is 29.5 Å². The zero-order chi connectivity index (χ0) is 22.3. The number of carbonyl (C=O) groups is 3. The molecule has 3 unspecified atom stereocenters. The van der Waals surface area contributed by atoms with E-state index in [0.29, 0.717) is 19.8 Å². The molecule has 4 aliphatic rings. The van der Waals surface area contributed by atoms with Crippen LogP contribution in [0.2, 0.25) is 0 Å². The zero-order valence-electron chi connectivity index (χ0n) is 18.5. The molecule has 7 atom stereocenters. The second kappa shape index (κ2) is 8.88. The minimum atomic E-state index is -0.684. The number of hydrogen-bond acceptors (Lipinski definition) is 7. The maximum Gasteiger partial charge on any atom is 0.244 e. The van der Waals surface area contributed by atoms with Crippen molar-refractivity contribution in [3.05, 3.63) is 0 Å². The van der Waals surface area contributed by atoms with Crippen molar-refractivity contribution in [2.75, 3.05) is 53.0 Å². The predicted octanol–water partition coefficient (Wildman–Crippen LogP) is -1.10. The maximum absolute atomic E-state index is 13.6. The molecular weight excluding hydrogens is 420 g/mol. The lowest BCUT2D eigenvalue weighted by molar-refractivity contribution is -0.142. The first kappa shape index (κ1) is 22.8. The van der Waals surface area contributed by atoms with E-state index in [1.165, 1.54) is 0 Å². The summed E-state index contributed by atoms with van der Waals surface area (Å²) in [6.07, 6.45) is 0.811. The molecule has 1 spiro atoms. The topological polar surface area (TPSA) is 111 Å². The number of likely N-dealkylation sites (tertiary alicyclic amines) is 1. The molecule has 0 aliphatic carbocycles. The van der Waals surface area contributed by atoms with Crippen LogP contribution in [0.5, 0.6) is 0 Å². The van der Waals surface area contributed by atoms with E-state index in [1.54, 1.807) is 30.6 Å². The molecule has 9 nitrogen and oxygen atoms in total. The Labute approximate surface area is 187 Å². The average molecular weight is 455 g/mol. The van der Waals surface area contributed by atoms with Crippen molar-refractivity contribution in [3.63, 3.8) is 0 Å². The van der Waals surface area contributed by atoms with E-state index in [9.17, 15) is 19.5 Å². The quantitative estimate of drug-likeness (QED) is 0.448. The van der Waals surface area contributed by atoms with Gasteiger partial charge in [-0.15, -0.1) is 11.8 Å². The van der Waals surface area contributed by atoms with Crippen LogP contribution in [0.3, 0.4) is 0 Å². The molecule has 10 heteroatoms. The first-order valence-corrected chi connectivity index (χ1v) is 12.1. The van der Waals surface area contributed by atoms with Crippen LogP contribution in [0.25, 0.3) is 0 Å². The largest absolute Gasteiger partial charge is 0.394 e. The van der Waals surface area contributed by atoms with Crippen LogP contribution in [-0.2, 0) is 19.1 Å². The van der Waals surface area contributed by atoms with Crippen LogP contribution >= 0.6 is 11.8 Å². The highest BCUT2D eigenvalue weighted by molar-refractivity contribution is 8.02. The number of thioether (sulfide) groups is 1. The SMILES string of the molecule is CNC(=O)[C@@H]1[C@@H]2CC(C)C3(S2)C(C(=O)NCCN2CCOCC2)N([C@H](C)CO)C(=O)[C@H]13. The van der Waals surface area contributed by atoms with Crippen molar-refractivity contribution in [1.29, 1.82) is 0 Å². The summed E-state index contributed by atoms with van der Waals surface area (Å²) in [5, 5.41) is 15.7. The molecule has 4 aliphatic heterocycles. The van der Waals surface area contributed by atoms with Gasteiger partial charge < -0.3 is 25.4 Å². The van der Waals surface area contributed by atoms with Gasteiger partial charge in [0.2, 0.25) is 17.7 Å². The molecule has 174 valence electrons. The predicted molar refractivity (Wildman–Crippen MR) is 116 cm³/mol. The minimum Gasteiger partial charge on any atom is -0.394 e. The first-order chi connectivity index (χ1) is 14.9. The molecular formula is C21H34N4O5S. The Morgan fingerprint density at radius 3 is 2.68 bits per heavy atom. The molecule has 31 heavy (non-hydrogen) atoms. The highest BCUT2D eigenvalue weighted by Crippen LogP contribution is 2.68. The van der Waals surface area contributed by atoms with Crippen molar-refractivity contribution in [1.82, 2.24) is 20.4 Å². The number of hydrogen-bond donors (Lipinski definition) is 3. The highest BCUT2D eigenvalue weighted by Gasteiger charge is 2.76. The Morgan fingerprint density at radius 1 is 1.32 bits per heavy atom. The van der Waals surface area contributed by atoms with Crippen molar-refractivity contribution in [3.8, 4) is 0 Å². The lowest BCUT2D eigenvalue weighted by atomic mass is 9.66. The van der Waals surface area contributed by atoms with Crippen molar-refractivity contribution in [2.24, 2.45) is 17.8 Å². The second-order valence-electron chi connectivity index (χ2n) is 9.19. The molecule has 4 heterocycles. The van der Waals surface area contributed by atoms with Gasteiger partial charge in [-0.2, -0.15) is 0 Å². The average Bonchev–Trinajstić information content (AvgIpc) is 3.37. The fourth-order valence-corrected chi connectivity index (χ4v) is 8.46. The van der Waals surface area contributed by atoms with Gasteiger partial charge in [0, 0.05) is 38.5 Å². The molecule has 2 bridgehead atoms. The molecule has 4 fully saturated rings. The summed E-state index contributed by atoms with van der Waals surface area (Å²) in [7, 11) is 1.60. The molecule has 0 aromatic heterocycles. The molecule has 0 saturated carbocycles. The fourth-order valence-electron chi connectivity index (χ4n) is 6.05. The van der Waals surface area contributed by atoms with Crippen molar-refractivity contribution in [2.45, 2.75) is 42.3 Å². The van der Waals surface area contributed by atoms with Gasteiger partial charge >= 0.3 is 0 Å². The molecule has 0 aromatic rings. The van der Waals surface area contributed by atoms with E-state index in [-0.39, 0.29) is 35.5 Å². The van der Waals surface area contributed by atoms with E-state index in [0.717, 1.165) is 26.1 Å². The van der Waals surface area contributed by atoms with Gasteiger partial charge in [0.25, 0.3) is 0 Å². The van der Waals surface area contributed by atoms with Gasteiger partial charge in [0.15, 0.2) is 0 Å². The monoisotopic (exact) mass is 454 g/mol. The molecule has 3 N–H and O–H groups in total. The zero-order valence-corrected chi connectivity index (χ0v) is 19.3. The Hall–Kier alpha value is -1.36. The van der Waals surface area contributed by atoms with E-state index < -0.39 is 28.7 Å². The number of ether oxygens (including phenoxy) is 1. The Morgan fingerprint density at radius 2 is 2.03 bits per heavy atom. The molecule has 4 rings (SSSR count). The number of nitrogens with zero attached hydrogens (tertiary/aromatic N) is 2. The lowest BCUT2D eigenvalue weighted by Crippen LogP contribution is -2.58. The van der Waals surface area contributed by atoms with Crippen LogP contribution in [0.15, 0.2) is 0 Å². The summed E-state index contributed by atoms with van der Waals surface area (Å²) in [4.78, 5) is 43.7. The number of aliphatic hydroxyl groups is 1. The number of carbonyl (C=O) groups excluding carboxylic acids is 3. The standard InChI is InChI=1S/C21H34N4O5S/c1-12-10-14-15(18(27)22-3)16-20(29)25(13(2)11-26)17(21(12,16)31-14)19(28)23-4-5-24-6-8-30-9-7-24/h12-17,26H,4-11H2,1-3H3,(H,22,27)(H,23,28)/t12?,13-,14+,15-,16+,17?,21?/m1/s1. The third kappa shape index (κ3) is 3.55. The van der Waals surface area contributed by atoms with Crippen LogP contribution < -0.4 is 10.6 Å². The summed E-state index contributed by atoms with van der Waals surface area (Å²) in [5.41, 5.74) is 0. The maximum atomic E-state index is 13.6. The highest BCUT2D eigenvalue weighted by atomic mass is 32.2. The number of morpholine rings is 1. The summed E-state index contributed by atoms with van der Waals surface area (Å²) in [6.45, 7) is 7.96. The third-order valence-corrected chi connectivity index (χ3v) is 9.63. The van der Waals surface area contributed by atoms with E-state index >= 15 is 0 Å². The normalized spacial score (nSPS) is 38.3. The summed E-state index contributed by atoms with van der Waals surface area (Å²) < 4.78 is 4.74. The molecule has 4 saturated heterocycles. The summed E-state index contributed by atoms with van der Waals surface area (Å²) in [5.74, 6) is -1.32. The lowest BCUT2D eigenvalue weighted by Gasteiger charge is -2.39. The first-order valence-electron chi connectivity index (χ1n) is 11.3. The van der Waals surface area contributed by atoms with Crippen LogP contribution in [-0.4, -0.2) is 108 Å². The molecule has 0 radical (unpaired) electrons. The number of nitrogens with one attached hydrogen (secondary N) is 2. The number of fused-ring (bicyclic) bond motifs is 1. The van der Waals surface area contributed by atoms with Gasteiger partial charge in [-0.25, -0.2) is 0 Å².